The van der Waals surface area contributed by atoms with Gasteiger partial charge in [0.15, 0.2) is 11.1 Å². The molecule has 6 heteroatoms. The van der Waals surface area contributed by atoms with E-state index in [1.807, 2.05) is 20.8 Å². The Hall–Kier alpha value is -0.620. The Kier molecular flexibility index (Phi) is 4.20. The number of carbonyl (C=O) groups excluding carboxylic acids is 1. The van der Waals surface area contributed by atoms with E-state index in [-0.39, 0.29) is 12.2 Å². The lowest BCUT2D eigenvalue weighted by atomic mass is 10.0. The Labute approximate surface area is 117 Å². The average molecular weight is 289 g/mol. The molecule has 0 radical (unpaired) electrons. The maximum Gasteiger partial charge on any atom is 0.410 e. The third-order valence-corrected chi connectivity index (χ3v) is 4.17. The first-order valence-corrected chi connectivity index (χ1v) is 8.21. The number of rotatable bonds is 2. The first-order chi connectivity index (χ1) is 8.74. The second kappa shape index (κ2) is 5.40. The van der Waals surface area contributed by atoms with E-state index in [0.717, 1.165) is 25.9 Å². The van der Waals surface area contributed by atoms with Crippen LogP contribution in [0, 0.1) is 11.8 Å². The standard InChI is InChI=1S/C13H23NO4S/c1-13(2,3)17-12(15)14-7-9-5-11(18-19(4)16)6-10(9)8-14/h9-11H,5-8H2,1-4H3. The van der Waals surface area contributed by atoms with Gasteiger partial charge >= 0.3 is 6.09 Å². The van der Waals surface area contributed by atoms with Gasteiger partial charge in [0, 0.05) is 19.3 Å². The highest BCUT2D eigenvalue weighted by atomic mass is 32.2. The van der Waals surface area contributed by atoms with Gasteiger partial charge in [0.05, 0.1) is 6.10 Å². The molecule has 110 valence electrons. The van der Waals surface area contributed by atoms with Crippen LogP contribution in [-0.2, 0) is 20.0 Å². The van der Waals surface area contributed by atoms with Crippen molar-refractivity contribution in [3.63, 3.8) is 0 Å². The molecule has 5 nitrogen and oxygen atoms in total. The van der Waals surface area contributed by atoms with Crippen LogP contribution in [0.2, 0.25) is 0 Å². The quantitative estimate of drug-likeness (QED) is 0.779. The van der Waals surface area contributed by atoms with E-state index in [0.29, 0.717) is 11.8 Å². The van der Waals surface area contributed by atoms with E-state index >= 15 is 0 Å². The molecule has 1 heterocycles. The van der Waals surface area contributed by atoms with Crippen molar-refractivity contribution in [2.24, 2.45) is 11.8 Å². The summed E-state index contributed by atoms with van der Waals surface area (Å²) < 4.78 is 21.8. The van der Waals surface area contributed by atoms with Crippen LogP contribution in [0.1, 0.15) is 33.6 Å². The van der Waals surface area contributed by atoms with Gasteiger partial charge in [-0.25, -0.2) is 9.00 Å². The lowest BCUT2D eigenvalue weighted by molar-refractivity contribution is 0.0273. The number of likely N-dealkylation sites (tertiary alicyclic amines) is 1. The van der Waals surface area contributed by atoms with Gasteiger partial charge in [0.1, 0.15) is 5.60 Å². The molecule has 0 aromatic rings. The third-order valence-electron chi connectivity index (χ3n) is 3.63. The predicted octanol–water partition coefficient (Wildman–Crippen LogP) is 1.94. The molecule has 2 rings (SSSR count). The summed E-state index contributed by atoms with van der Waals surface area (Å²) in [5.41, 5.74) is -0.445. The Morgan fingerprint density at radius 3 is 2.16 bits per heavy atom. The van der Waals surface area contributed by atoms with Crippen LogP contribution in [-0.4, -0.2) is 46.3 Å². The fourth-order valence-corrected chi connectivity index (χ4v) is 3.53. The van der Waals surface area contributed by atoms with Crippen molar-refractivity contribution in [1.29, 1.82) is 0 Å². The molecular formula is C13H23NO4S. The normalized spacial score (nSPS) is 32.2. The Morgan fingerprint density at radius 2 is 1.74 bits per heavy atom. The second-order valence-electron chi connectivity index (χ2n) is 6.50. The zero-order chi connectivity index (χ0) is 14.2. The average Bonchev–Trinajstić information content (AvgIpc) is 2.70. The molecule has 0 bridgehead atoms. The van der Waals surface area contributed by atoms with E-state index in [4.69, 9.17) is 8.92 Å². The number of hydrogen-bond donors (Lipinski definition) is 0. The monoisotopic (exact) mass is 289 g/mol. The highest BCUT2D eigenvalue weighted by molar-refractivity contribution is 7.79. The van der Waals surface area contributed by atoms with Crippen LogP contribution >= 0.6 is 0 Å². The van der Waals surface area contributed by atoms with E-state index in [1.54, 1.807) is 11.2 Å². The lowest BCUT2D eigenvalue weighted by Crippen LogP contribution is -2.36. The van der Waals surface area contributed by atoms with Gasteiger partial charge in [0.2, 0.25) is 0 Å². The summed E-state index contributed by atoms with van der Waals surface area (Å²) in [5, 5.41) is 0. The van der Waals surface area contributed by atoms with Crippen LogP contribution < -0.4 is 0 Å². The highest BCUT2D eigenvalue weighted by Crippen LogP contribution is 2.40. The third kappa shape index (κ3) is 3.92. The number of amides is 1. The van der Waals surface area contributed by atoms with E-state index in [2.05, 4.69) is 0 Å². The van der Waals surface area contributed by atoms with Crippen LogP contribution in [0.3, 0.4) is 0 Å². The number of nitrogens with zero attached hydrogens (tertiary/aromatic N) is 1. The molecule has 3 unspecified atom stereocenters. The molecule has 1 aliphatic carbocycles. The molecule has 0 spiro atoms. The van der Waals surface area contributed by atoms with Crippen molar-refractivity contribution in [1.82, 2.24) is 4.90 Å². The zero-order valence-electron chi connectivity index (χ0n) is 12.0. The van der Waals surface area contributed by atoms with Crippen LogP contribution in [0.4, 0.5) is 4.79 Å². The second-order valence-corrected chi connectivity index (χ2v) is 7.49. The largest absolute Gasteiger partial charge is 0.444 e. The smallest absolute Gasteiger partial charge is 0.410 e. The van der Waals surface area contributed by atoms with E-state index < -0.39 is 16.7 Å². The van der Waals surface area contributed by atoms with Gasteiger partial charge in [0.25, 0.3) is 0 Å². The summed E-state index contributed by atoms with van der Waals surface area (Å²) >= 11 is -1.20. The van der Waals surface area contributed by atoms with Crippen molar-refractivity contribution in [3.8, 4) is 0 Å². The molecule has 3 atom stereocenters. The number of carbonyl (C=O) groups is 1. The van der Waals surface area contributed by atoms with E-state index in [9.17, 15) is 9.00 Å². The summed E-state index contributed by atoms with van der Waals surface area (Å²) in [7, 11) is 0. The molecule has 0 N–H and O–H groups in total. The first kappa shape index (κ1) is 14.8. The van der Waals surface area contributed by atoms with Crippen molar-refractivity contribution in [3.05, 3.63) is 0 Å². The maximum atomic E-state index is 12.0. The molecule has 2 fully saturated rings. The molecule has 1 saturated heterocycles. The van der Waals surface area contributed by atoms with Crippen molar-refractivity contribution < 1.29 is 17.9 Å². The predicted molar refractivity (Wildman–Crippen MR) is 73.0 cm³/mol. The first-order valence-electron chi connectivity index (χ1n) is 6.73. The van der Waals surface area contributed by atoms with Gasteiger partial charge < -0.3 is 9.64 Å². The molecule has 1 amide bonds. The highest BCUT2D eigenvalue weighted by Gasteiger charge is 2.44. The summed E-state index contributed by atoms with van der Waals surface area (Å²) in [6.45, 7) is 7.10. The van der Waals surface area contributed by atoms with Crippen molar-refractivity contribution in [2.45, 2.75) is 45.3 Å². The van der Waals surface area contributed by atoms with Crippen molar-refractivity contribution >= 4 is 17.2 Å². The number of hydrogen-bond acceptors (Lipinski definition) is 4. The summed E-state index contributed by atoms with van der Waals surface area (Å²) in [6.07, 6.45) is 3.20. The molecule has 0 aromatic heterocycles. The van der Waals surface area contributed by atoms with Gasteiger partial charge in [-0.1, -0.05) is 0 Å². The fraction of sp³-hybridized carbons (Fsp3) is 0.923. The van der Waals surface area contributed by atoms with Crippen LogP contribution in [0.15, 0.2) is 0 Å². The lowest BCUT2D eigenvalue weighted by Gasteiger charge is -2.25. The number of fused-ring (bicyclic) bond motifs is 1. The van der Waals surface area contributed by atoms with Gasteiger partial charge in [-0.05, 0) is 45.4 Å². The van der Waals surface area contributed by atoms with E-state index in [1.165, 1.54) is 0 Å². The van der Waals surface area contributed by atoms with Gasteiger partial charge in [-0.15, -0.1) is 0 Å². The fourth-order valence-electron chi connectivity index (χ4n) is 2.99. The molecule has 1 aliphatic heterocycles. The Balaban J connectivity index is 1.84. The molecule has 0 aromatic carbocycles. The summed E-state index contributed by atoms with van der Waals surface area (Å²) in [6, 6.07) is 0. The topological polar surface area (TPSA) is 55.8 Å². The number of ether oxygens (including phenoxy) is 1. The van der Waals surface area contributed by atoms with Crippen molar-refractivity contribution in [2.75, 3.05) is 19.3 Å². The van der Waals surface area contributed by atoms with Crippen LogP contribution in [0.25, 0.3) is 0 Å². The maximum absolute atomic E-state index is 12.0. The molecule has 2 aliphatic rings. The minimum Gasteiger partial charge on any atom is -0.444 e. The summed E-state index contributed by atoms with van der Waals surface area (Å²) in [5.74, 6) is 0.919. The Bertz CT molecular complexity index is 365. The molecule has 19 heavy (non-hydrogen) atoms. The SMILES string of the molecule is CS(=O)OC1CC2CN(C(=O)OC(C)(C)C)CC2C1. The summed E-state index contributed by atoms with van der Waals surface area (Å²) in [4.78, 5) is 13.8. The zero-order valence-corrected chi connectivity index (χ0v) is 12.9. The Morgan fingerprint density at radius 1 is 1.21 bits per heavy atom. The minimum atomic E-state index is -1.20. The minimum absolute atomic E-state index is 0.0848. The van der Waals surface area contributed by atoms with Crippen LogP contribution in [0.5, 0.6) is 0 Å². The van der Waals surface area contributed by atoms with Gasteiger partial charge in [-0.3, -0.25) is 4.18 Å². The molecule has 1 saturated carbocycles. The molecular weight excluding hydrogens is 266 g/mol. The van der Waals surface area contributed by atoms with Gasteiger partial charge in [-0.2, -0.15) is 0 Å².